The minimum atomic E-state index is -0.245. The molecule has 0 bridgehead atoms. The monoisotopic (exact) mass is 298 g/mol. The Kier molecular flexibility index (Phi) is 4.42. The number of anilines is 2. The van der Waals surface area contributed by atoms with Crippen molar-refractivity contribution in [3.63, 3.8) is 0 Å². The lowest BCUT2D eigenvalue weighted by atomic mass is 10.1. The molecule has 1 aliphatic heterocycles. The topological polar surface area (TPSA) is 64.2 Å². The van der Waals surface area contributed by atoms with E-state index in [0.717, 1.165) is 37.3 Å². The van der Waals surface area contributed by atoms with Gasteiger partial charge in [-0.15, -0.1) is 0 Å². The molecule has 0 radical (unpaired) electrons. The van der Waals surface area contributed by atoms with Crippen molar-refractivity contribution in [2.24, 2.45) is 0 Å². The normalized spacial score (nSPS) is 16.1. The molecular weight excluding hydrogens is 276 g/mol. The summed E-state index contributed by atoms with van der Waals surface area (Å²) in [6.45, 7) is 1.89. The van der Waals surface area contributed by atoms with E-state index in [1.54, 1.807) is 6.20 Å². The molecule has 0 saturated carbocycles. The van der Waals surface area contributed by atoms with Crippen LogP contribution >= 0.6 is 0 Å². The zero-order valence-electron chi connectivity index (χ0n) is 12.7. The Bertz CT molecular complexity index is 673. The van der Waals surface area contributed by atoms with Gasteiger partial charge in [-0.05, 0) is 25.0 Å². The summed E-state index contributed by atoms with van der Waals surface area (Å²) in [7, 11) is 0. The number of para-hydroxylation sites is 1. The van der Waals surface area contributed by atoms with Crippen LogP contribution in [0, 0.1) is 0 Å². The van der Waals surface area contributed by atoms with Gasteiger partial charge in [0.15, 0.2) is 0 Å². The SMILES string of the molecule is Nc1c(N2CCCCCCC2)cnn(-c2ccccc2)c1=O. The molecule has 1 saturated heterocycles. The fraction of sp³-hybridized carbons (Fsp3) is 0.412. The summed E-state index contributed by atoms with van der Waals surface area (Å²) in [5.41, 5.74) is 7.68. The van der Waals surface area contributed by atoms with Crippen LogP contribution in [0.4, 0.5) is 11.4 Å². The second kappa shape index (κ2) is 6.64. The average Bonchev–Trinajstić information content (AvgIpc) is 2.51. The van der Waals surface area contributed by atoms with Crippen LogP contribution in [0.1, 0.15) is 32.1 Å². The number of nitrogen functional groups attached to an aromatic ring is 1. The third-order valence-electron chi connectivity index (χ3n) is 4.19. The molecule has 5 nitrogen and oxygen atoms in total. The molecule has 1 fully saturated rings. The third kappa shape index (κ3) is 2.98. The van der Waals surface area contributed by atoms with Gasteiger partial charge in [-0.1, -0.05) is 37.5 Å². The van der Waals surface area contributed by atoms with Gasteiger partial charge < -0.3 is 10.6 Å². The van der Waals surface area contributed by atoms with Gasteiger partial charge >= 0.3 is 0 Å². The molecular formula is C17H22N4O. The van der Waals surface area contributed by atoms with Crippen LogP contribution in [0.3, 0.4) is 0 Å². The van der Waals surface area contributed by atoms with Crippen LogP contribution in [-0.2, 0) is 0 Å². The Balaban J connectivity index is 1.94. The summed E-state index contributed by atoms with van der Waals surface area (Å²) in [5, 5.41) is 4.32. The van der Waals surface area contributed by atoms with E-state index in [2.05, 4.69) is 10.00 Å². The summed E-state index contributed by atoms with van der Waals surface area (Å²) in [5.74, 6) is 0. The number of rotatable bonds is 2. The highest BCUT2D eigenvalue weighted by molar-refractivity contribution is 5.65. The molecule has 22 heavy (non-hydrogen) atoms. The van der Waals surface area contributed by atoms with Crippen molar-refractivity contribution >= 4 is 11.4 Å². The number of nitrogens with zero attached hydrogens (tertiary/aromatic N) is 3. The number of aromatic nitrogens is 2. The minimum Gasteiger partial charge on any atom is -0.392 e. The molecule has 2 aromatic rings. The molecule has 2 heterocycles. The zero-order valence-corrected chi connectivity index (χ0v) is 12.7. The fourth-order valence-electron chi connectivity index (χ4n) is 2.95. The highest BCUT2D eigenvalue weighted by Gasteiger charge is 2.16. The maximum absolute atomic E-state index is 12.5. The standard InChI is InChI=1S/C17H22N4O/c18-16-15(20-11-7-2-1-3-8-12-20)13-19-21(17(16)22)14-9-5-4-6-10-14/h4-6,9-10,13H,1-3,7-8,11-12,18H2. The zero-order chi connectivity index (χ0) is 15.4. The maximum atomic E-state index is 12.5. The van der Waals surface area contributed by atoms with Gasteiger partial charge in [-0.25, -0.2) is 0 Å². The molecule has 1 aliphatic rings. The first kappa shape index (κ1) is 14.6. The molecule has 0 aliphatic carbocycles. The summed E-state index contributed by atoms with van der Waals surface area (Å²) in [6.07, 6.45) is 7.79. The van der Waals surface area contributed by atoms with Crippen LogP contribution in [0.25, 0.3) is 5.69 Å². The molecule has 3 rings (SSSR count). The molecule has 1 aromatic carbocycles. The second-order valence-corrected chi connectivity index (χ2v) is 5.75. The Morgan fingerprint density at radius 2 is 1.59 bits per heavy atom. The first-order chi connectivity index (χ1) is 10.8. The highest BCUT2D eigenvalue weighted by atomic mass is 16.1. The number of hydrogen-bond donors (Lipinski definition) is 1. The fourth-order valence-corrected chi connectivity index (χ4v) is 2.95. The molecule has 0 unspecified atom stereocenters. The lowest BCUT2D eigenvalue weighted by Crippen LogP contribution is -2.32. The largest absolute Gasteiger partial charge is 0.392 e. The molecule has 116 valence electrons. The van der Waals surface area contributed by atoms with Crippen LogP contribution in [-0.4, -0.2) is 22.9 Å². The van der Waals surface area contributed by atoms with Crippen molar-refractivity contribution < 1.29 is 0 Å². The number of benzene rings is 1. The van der Waals surface area contributed by atoms with Crippen LogP contribution in [0.5, 0.6) is 0 Å². The first-order valence-electron chi connectivity index (χ1n) is 7.95. The number of nitrogens with two attached hydrogens (primary N) is 1. The second-order valence-electron chi connectivity index (χ2n) is 5.75. The summed E-state index contributed by atoms with van der Waals surface area (Å²) in [6, 6.07) is 9.37. The third-order valence-corrected chi connectivity index (χ3v) is 4.19. The summed E-state index contributed by atoms with van der Waals surface area (Å²) in [4.78, 5) is 14.7. The number of hydrogen-bond acceptors (Lipinski definition) is 4. The summed E-state index contributed by atoms with van der Waals surface area (Å²) >= 11 is 0. The molecule has 1 aromatic heterocycles. The van der Waals surface area contributed by atoms with Gasteiger partial charge in [0.1, 0.15) is 5.69 Å². The van der Waals surface area contributed by atoms with E-state index in [-0.39, 0.29) is 5.56 Å². The Morgan fingerprint density at radius 3 is 2.27 bits per heavy atom. The molecule has 0 amide bonds. The van der Waals surface area contributed by atoms with Gasteiger partial charge in [0.2, 0.25) is 0 Å². The van der Waals surface area contributed by atoms with Crippen molar-refractivity contribution in [1.82, 2.24) is 9.78 Å². The van der Waals surface area contributed by atoms with Crippen molar-refractivity contribution in [3.8, 4) is 5.69 Å². The van der Waals surface area contributed by atoms with E-state index in [9.17, 15) is 4.79 Å². The Labute approximate surface area is 130 Å². The lowest BCUT2D eigenvalue weighted by Gasteiger charge is -2.27. The minimum absolute atomic E-state index is 0.245. The van der Waals surface area contributed by atoms with Gasteiger partial charge in [0.25, 0.3) is 5.56 Å². The van der Waals surface area contributed by atoms with E-state index < -0.39 is 0 Å². The van der Waals surface area contributed by atoms with Gasteiger partial charge in [0.05, 0.1) is 17.6 Å². The Morgan fingerprint density at radius 1 is 0.955 bits per heavy atom. The molecule has 0 atom stereocenters. The Hall–Kier alpha value is -2.30. The quantitative estimate of drug-likeness (QED) is 0.925. The molecule has 0 spiro atoms. The van der Waals surface area contributed by atoms with Crippen molar-refractivity contribution in [1.29, 1.82) is 0 Å². The van der Waals surface area contributed by atoms with Gasteiger partial charge in [-0.3, -0.25) is 4.79 Å². The van der Waals surface area contributed by atoms with Crippen molar-refractivity contribution in [3.05, 3.63) is 46.9 Å². The van der Waals surface area contributed by atoms with E-state index >= 15 is 0 Å². The van der Waals surface area contributed by atoms with E-state index in [4.69, 9.17) is 5.73 Å². The smallest absolute Gasteiger partial charge is 0.296 e. The predicted octanol–water partition coefficient (Wildman–Crippen LogP) is 2.59. The average molecular weight is 298 g/mol. The summed E-state index contributed by atoms with van der Waals surface area (Å²) < 4.78 is 1.36. The van der Waals surface area contributed by atoms with E-state index in [1.165, 1.54) is 23.9 Å². The molecule has 2 N–H and O–H groups in total. The van der Waals surface area contributed by atoms with Gasteiger partial charge in [0, 0.05) is 13.1 Å². The van der Waals surface area contributed by atoms with Crippen LogP contribution < -0.4 is 16.2 Å². The van der Waals surface area contributed by atoms with E-state index in [1.807, 2.05) is 30.3 Å². The lowest BCUT2D eigenvalue weighted by molar-refractivity contribution is 0.555. The predicted molar refractivity (Wildman–Crippen MR) is 89.5 cm³/mol. The molecule has 5 heteroatoms. The van der Waals surface area contributed by atoms with Gasteiger partial charge in [-0.2, -0.15) is 9.78 Å². The maximum Gasteiger partial charge on any atom is 0.296 e. The van der Waals surface area contributed by atoms with Crippen molar-refractivity contribution in [2.45, 2.75) is 32.1 Å². The first-order valence-corrected chi connectivity index (χ1v) is 7.95. The van der Waals surface area contributed by atoms with Crippen LogP contribution in [0.15, 0.2) is 41.3 Å². The van der Waals surface area contributed by atoms with E-state index in [0.29, 0.717) is 5.69 Å². The highest BCUT2D eigenvalue weighted by Crippen LogP contribution is 2.22. The van der Waals surface area contributed by atoms with Crippen LogP contribution in [0.2, 0.25) is 0 Å². The van der Waals surface area contributed by atoms with Crippen molar-refractivity contribution in [2.75, 3.05) is 23.7 Å².